The smallest absolute Gasteiger partial charge is 0.108 e. The summed E-state index contributed by atoms with van der Waals surface area (Å²) >= 11 is 0. The highest BCUT2D eigenvalue weighted by Crippen LogP contribution is 2.33. The number of nitrogens with one attached hydrogen (secondary N) is 1. The largest absolute Gasteiger partial charge is 0.368 e. The van der Waals surface area contributed by atoms with E-state index < -0.39 is 0 Å². The van der Waals surface area contributed by atoms with E-state index in [4.69, 9.17) is 4.74 Å². The van der Waals surface area contributed by atoms with Gasteiger partial charge >= 0.3 is 0 Å². The SMILES string of the molecule is c1cc([C@@H]2CO2)c2[nH]ccc2c1. The third-order valence-electron chi connectivity index (χ3n) is 2.30. The van der Waals surface area contributed by atoms with Crippen molar-refractivity contribution in [3.8, 4) is 0 Å². The normalized spacial score (nSPS) is 21.5. The number of benzene rings is 1. The minimum atomic E-state index is 0.340. The van der Waals surface area contributed by atoms with Crippen LogP contribution < -0.4 is 0 Å². The molecule has 1 fully saturated rings. The van der Waals surface area contributed by atoms with Crippen molar-refractivity contribution in [3.05, 3.63) is 36.0 Å². The lowest BCUT2D eigenvalue weighted by molar-refractivity contribution is 0.416. The lowest BCUT2D eigenvalue weighted by Crippen LogP contribution is -1.81. The van der Waals surface area contributed by atoms with Gasteiger partial charge in [0.05, 0.1) is 12.1 Å². The second-order valence-corrected chi connectivity index (χ2v) is 3.11. The monoisotopic (exact) mass is 159 g/mol. The number of epoxide rings is 1. The van der Waals surface area contributed by atoms with E-state index in [9.17, 15) is 0 Å². The maximum Gasteiger partial charge on any atom is 0.108 e. The Labute approximate surface area is 70.2 Å². The van der Waals surface area contributed by atoms with Crippen LogP contribution in [0.25, 0.3) is 10.9 Å². The molecule has 0 spiro atoms. The molecule has 1 aromatic carbocycles. The van der Waals surface area contributed by atoms with E-state index in [1.807, 2.05) is 6.20 Å². The second-order valence-electron chi connectivity index (χ2n) is 3.11. The highest BCUT2D eigenvalue weighted by molar-refractivity contribution is 5.83. The summed E-state index contributed by atoms with van der Waals surface area (Å²) in [6.45, 7) is 0.873. The standard InChI is InChI=1S/C10H9NO/c1-2-7-4-5-11-10(7)8(3-1)9-6-12-9/h1-5,9,11H,6H2/t9-/m0/s1. The Morgan fingerprint density at radius 2 is 2.25 bits per heavy atom. The predicted molar refractivity (Wildman–Crippen MR) is 47.0 cm³/mol. The number of para-hydroxylation sites is 1. The quantitative estimate of drug-likeness (QED) is 0.635. The van der Waals surface area contributed by atoms with Gasteiger partial charge in [-0.3, -0.25) is 0 Å². The van der Waals surface area contributed by atoms with Crippen molar-refractivity contribution in [1.82, 2.24) is 4.98 Å². The number of fused-ring (bicyclic) bond motifs is 1. The van der Waals surface area contributed by atoms with Crippen molar-refractivity contribution in [2.24, 2.45) is 0 Å². The molecular weight excluding hydrogens is 150 g/mol. The molecule has 0 saturated carbocycles. The lowest BCUT2D eigenvalue weighted by Gasteiger charge is -1.96. The molecule has 2 aromatic rings. The Morgan fingerprint density at radius 1 is 1.33 bits per heavy atom. The zero-order valence-electron chi connectivity index (χ0n) is 6.58. The van der Waals surface area contributed by atoms with Crippen LogP contribution in [0.5, 0.6) is 0 Å². The van der Waals surface area contributed by atoms with Crippen LogP contribution in [0, 0.1) is 0 Å². The second kappa shape index (κ2) is 2.11. The molecule has 0 aliphatic carbocycles. The Morgan fingerprint density at radius 3 is 3.08 bits per heavy atom. The van der Waals surface area contributed by atoms with Gasteiger partial charge in [-0.15, -0.1) is 0 Å². The fourth-order valence-corrected chi connectivity index (χ4v) is 1.61. The number of aromatic amines is 1. The van der Waals surface area contributed by atoms with Crippen LogP contribution >= 0.6 is 0 Å². The molecule has 0 radical (unpaired) electrons. The van der Waals surface area contributed by atoms with Crippen molar-refractivity contribution >= 4 is 10.9 Å². The molecular formula is C10H9NO. The van der Waals surface area contributed by atoms with Crippen LogP contribution in [0.15, 0.2) is 30.5 Å². The Kier molecular flexibility index (Phi) is 1.10. The number of hydrogen-bond acceptors (Lipinski definition) is 1. The minimum absolute atomic E-state index is 0.340. The topological polar surface area (TPSA) is 28.3 Å². The van der Waals surface area contributed by atoms with Gasteiger partial charge in [0, 0.05) is 11.8 Å². The van der Waals surface area contributed by atoms with Crippen LogP contribution in [0.4, 0.5) is 0 Å². The van der Waals surface area contributed by atoms with E-state index in [0.717, 1.165) is 6.61 Å². The molecule has 12 heavy (non-hydrogen) atoms. The molecule has 1 aliphatic heterocycles. The van der Waals surface area contributed by atoms with E-state index in [-0.39, 0.29) is 0 Å². The van der Waals surface area contributed by atoms with Gasteiger partial charge in [0.2, 0.25) is 0 Å². The van der Waals surface area contributed by atoms with Gasteiger partial charge in [0.25, 0.3) is 0 Å². The molecule has 3 rings (SSSR count). The summed E-state index contributed by atoms with van der Waals surface area (Å²) in [5, 5.41) is 1.27. The molecule has 1 aliphatic rings. The van der Waals surface area contributed by atoms with Gasteiger partial charge in [-0.2, -0.15) is 0 Å². The van der Waals surface area contributed by atoms with Gasteiger partial charge in [-0.1, -0.05) is 18.2 Å². The molecule has 60 valence electrons. The van der Waals surface area contributed by atoms with Crippen LogP contribution in [0.2, 0.25) is 0 Å². The Hall–Kier alpha value is -1.28. The number of hydrogen-bond donors (Lipinski definition) is 1. The summed E-state index contributed by atoms with van der Waals surface area (Å²) in [5.41, 5.74) is 2.51. The molecule has 1 saturated heterocycles. The molecule has 1 atom stereocenters. The van der Waals surface area contributed by atoms with Crippen molar-refractivity contribution in [3.63, 3.8) is 0 Å². The van der Waals surface area contributed by atoms with Gasteiger partial charge in [-0.05, 0) is 11.5 Å². The summed E-state index contributed by atoms with van der Waals surface area (Å²) in [6.07, 6.45) is 2.31. The molecule has 0 bridgehead atoms. The van der Waals surface area contributed by atoms with Crippen molar-refractivity contribution in [2.45, 2.75) is 6.10 Å². The zero-order chi connectivity index (χ0) is 7.97. The molecule has 0 unspecified atom stereocenters. The minimum Gasteiger partial charge on any atom is -0.368 e. The maximum atomic E-state index is 5.25. The highest BCUT2D eigenvalue weighted by atomic mass is 16.6. The third-order valence-corrected chi connectivity index (χ3v) is 2.30. The predicted octanol–water partition coefficient (Wildman–Crippen LogP) is 2.24. The van der Waals surface area contributed by atoms with Gasteiger partial charge in [0.1, 0.15) is 6.10 Å². The summed E-state index contributed by atoms with van der Waals surface area (Å²) < 4.78 is 5.25. The number of aromatic nitrogens is 1. The van der Waals surface area contributed by atoms with Gasteiger partial charge in [0.15, 0.2) is 0 Å². The van der Waals surface area contributed by atoms with Crippen molar-refractivity contribution in [1.29, 1.82) is 0 Å². The first-order valence-electron chi connectivity index (χ1n) is 4.13. The zero-order valence-corrected chi connectivity index (χ0v) is 6.58. The van der Waals surface area contributed by atoms with E-state index in [1.54, 1.807) is 0 Å². The summed E-state index contributed by atoms with van der Waals surface area (Å²) in [4.78, 5) is 3.23. The summed E-state index contributed by atoms with van der Waals surface area (Å²) in [5.74, 6) is 0. The van der Waals surface area contributed by atoms with E-state index in [0.29, 0.717) is 6.10 Å². The molecule has 2 heterocycles. The molecule has 1 aromatic heterocycles. The Bertz CT molecular complexity index is 414. The van der Waals surface area contributed by atoms with E-state index in [1.165, 1.54) is 16.5 Å². The highest BCUT2D eigenvalue weighted by Gasteiger charge is 2.26. The van der Waals surface area contributed by atoms with Crippen molar-refractivity contribution in [2.75, 3.05) is 6.61 Å². The van der Waals surface area contributed by atoms with E-state index >= 15 is 0 Å². The van der Waals surface area contributed by atoms with Crippen LogP contribution in [-0.2, 0) is 4.74 Å². The number of rotatable bonds is 1. The van der Waals surface area contributed by atoms with Crippen molar-refractivity contribution < 1.29 is 4.74 Å². The first-order chi connectivity index (χ1) is 5.95. The summed E-state index contributed by atoms with van der Waals surface area (Å²) in [6, 6.07) is 8.39. The van der Waals surface area contributed by atoms with Gasteiger partial charge in [-0.25, -0.2) is 0 Å². The van der Waals surface area contributed by atoms with Crippen LogP contribution in [-0.4, -0.2) is 11.6 Å². The van der Waals surface area contributed by atoms with Crippen LogP contribution in [0.1, 0.15) is 11.7 Å². The molecule has 2 heteroatoms. The van der Waals surface area contributed by atoms with Crippen LogP contribution in [0.3, 0.4) is 0 Å². The maximum absolute atomic E-state index is 5.25. The average molecular weight is 159 g/mol. The lowest BCUT2D eigenvalue weighted by atomic mass is 10.1. The Balaban J connectivity index is 2.32. The molecule has 0 amide bonds. The first-order valence-corrected chi connectivity index (χ1v) is 4.13. The first kappa shape index (κ1) is 6.26. The fourth-order valence-electron chi connectivity index (χ4n) is 1.61. The summed E-state index contributed by atoms with van der Waals surface area (Å²) in [7, 11) is 0. The molecule has 2 nitrogen and oxygen atoms in total. The number of ether oxygens (including phenoxy) is 1. The third kappa shape index (κ3) is 0.786. The number of H-pyrrole nitrogens is 1. The fraction of sp³-hybridized carbons (Fsp3) is 0.200. The van der Waals surface area contributed by atoms with E-state index in [2.05, 4.69) is 29.2 Å². The van der Waals surface area contributed by atoms with Gasteiger partial charge < -0.3 is 9.72 Å². The molecule has 1 N–H and O–H groups in total. The average Bonchev–Trinajstić information content (AvgIpc) is 2.82.